The fourth-order valence-electron chi connectivity index (χ4n) is 4.95. The molecule has 0 aliphatic heterocycles. The summed E-state index contributed by atoms with van der Waals surface area (Å²) < 4.78 is 50.8. The van der Waals surface area contributed by atoms with E-state index in [0.29, 0.717) is 0 Å². The van der Waals surface area contributed by atoms with Crippen LogP contribution in [0.2, 0.25) is 0 Å². The number of ether oxygens (including phenoxy) is 1. The van der Waals surface area contributed by atoms with Crippen molar-refractivity contribution in [2.75, 3.05) is 12.8 Å². The predicted octanol–water partition coefficient (Wildman–Crippen LogP) is 4.66. The maximum atomic E-state index is 14.9. The summed E-state index contributed by atoms with van der Waals surface area (Å²) in [6.07, 6.45) is 2.23. The molecule has 0 aliphatic rings. The van der Waals surface area contributed by atoms with Crippen molar-refractivity contribution in [2.24, 2.45) is 0 Å². The van der Waals surface area contributed by atoms with Gasteiger partial charge in [0.25, 0.3) is 5.56 Å². The molecule has 0 bridgehead atoms. The molecule has 208 valence electrons. The molecule has 0 spiro atoms. The van der Waals surface area contributed by atoms with Crippen molar-refractivity contribution in [1.29, 1.82) is 5.26 Å². The zero-order valence-corrected chi connectivity index (χ0v) is 22.0. The summed E-state index contributed by atoms with van der Waals surface area (Å²) in [6.45, 7) is 1.69. The lowest BCUT2D eigenvalue weighted by atomic mass is 10.0. The molecule has 2 N–H and O–H groups in total. The first-order chi connectivity index (χ1) is 20.2. The van der Waals surface area contributed by atoms with Crippen LogP contribution in [0.3, 0.4) is 0 Å². The number of methoxy groups -OCH3 is 1. The predicted molar refractivity (Wildman–Crippen MR) is 147 cm³/mol. The molecule has 0 radical (unpaired) electrons. The van der Waals surface area contributed by atoms with E-state index in [1.54, 1.807) is 13.0 Å². The number of rotatable bonds is 5. The molecular formula is C29H19F3N8O2. The number of pyridine rings is 1. The van der Waals surface area contributed by atoms with Crippen molar-refractivity contribution >= 4 is 22.5 Å². The van der Waals surface area contributed by atoms with E-state index >= 15 is 0 Å². The minimum Gasteiger partial charge on any atom is -0.492 e. The molecule has 0 amide bonds. The van der Waals surface area contributed by atoms with Crippen LogP contribution in [0.25, 0.3) is 39.1 Å². The highest BCUT2D eigenvalue weighted by molar-refractivity contribution is 5.98. The Balaban J connectivity index is 1.64. The van der Waals surface area contributed by atoms with Crippen molar-refractivity contribution in [1.82, 2.24) is 29.1 Å². The van der Waals surface area contributed by atoms with Gasteiger partial charge in [0.15, 0.2) is 17.2 Å². The van der Waals surface area contributed by atoms with E-state index < -0.39 is 29.1 Å². The van der Waals surface area contributed by atoms with E-state index in [1.165, 1.54) is 54.5 Å². The third-order valence-corrected chi connectivity index (χ3v) is 6.85. The summed E-state index contributed by atoms with van der Waals surface area (Å²) in [5.41, 5.74) is 6.69. The SMILES string of the molecule is COc1c(F)cc(-c2nn([C@@H](C)c3nc4ccc(F)cn4c(=O)c3-c3cccc(F)c3)c3ncnc(N)c23)cc1C#N. The number of halogens is 3. The first-order valence-corrected chi connectivity index (χ1v) is 12.5. The number of benzene rings is 2. The molecule has 0 unspecified atom stereocenters. The Labute approximate surface area is 235 Å². The van der Waals surface area contributed by atoms with E-state index in [2.05, 4.69) is 20.1 Å². The average Bonchev–Trinajstić information content (AvgIpc) is 3.37. The highest BCUT2D eigenvalue weighted by Crippen LogP contribution is 2.37. The Morgan fingerprint density at radius 1 is 1.05 bits per heavy atom. The Kier molecular flexibility index (Phi) is 6.30. The van der Waals surface area contributed by atoms with Crippen molar-refractivity contribution < 1.29 is 17.9 Å². The number of aromatic nitrogens is 6. The van der Waals surface area contributed by atoms with Gasteiger partial charge in [-0.15, -0.1) is 0 Å². The fraction of sp³-hybridized carbons (Fsp3) is 0.103. The maximum Gasteiger partial charge on any atom is 0.266 e. The highest BCUT2D eigenvalue weighted by atomic mass is 19.1. The third-order valence-electron chi connectivity index (χ3n) is 6.85. The number of anilines is 1. The van der Waals surface area contributed by atoms with Crippen LogP contribution in [-0.2, 0) is 0 Å². The molecule has 0 saturated heterocycles. The maximum absolute atomic E-state index is 14.9. The number of nitrogens with two attached hydrogens (primary N) is 1. The standard InChI is InChI=1S/C29H19F3N8O2/c1-14(24-22(15-4-3-5-18(30)9-15)29(41)39-12-19(31)6-7-21(39)37-24)40-28-23(27(34)35-13-36-28)25(38-40)16-8-17(11-33)26(42-2)20(32)10-16/h3-10,12-14H,1-2H3,(H2,34,35,36)/t14-/m0/s1. The zero-order chi connectivity index (χ0) is 29.7. The number of fused-ring (bicyclic) bond motifs is 2. The molecule has 4 aromatic heterocycles. The molecule has 0 aliphatic carbocycles. The van der Waals surface area contributed by atoms with Crippen molar-refractivity contribution in [3.8, 4) is 34.2 Å². The smallest absolute Gasteiger partial charge is 0.266 e. The van der Waals surface area contributed by atoms with Gasteiger partial charge in [0, 0.05) is 11.8 Å². The molecule has 0 saturated carbocycles. The van der Waals surface area contributed by atoms with Gasteiger partial charge < -0.3 is 10.5 Å². The minimum atomic E-state index is -0.838. The van der Waals surface area contributed by atoms with Gasteiger partial charge in [-0.05, 0) is 48.9 Å². The second-order valence-electron chi connectivity index (χ2n) is 9.34. The van der Waals surface area contributed by atoms with Crippen LogP contribution in [-0.4, -0.2) is 36.2 Å². The largest absolute Gasteiger partial charge is 0.492 e. The normalized spacial score (nSPS) is 12.0. The van der Waals surface area contributed by atoms with Crippen LogP contribution < -0.4 is 16.0 Å². The molecular weight excluding hydrogens is 549 g/mol. The molecule has 4 heterocycles. The van der Waals surface area contributed by atoms with Gasteiger partial charge in [-0.25, -0.2) is 32.8 Å². The molecule has 10 nitrogen and oxygen atoms in total. The van der Waals surface area contributed by atoms with Crippen LogP contribution in [0.1, 0.15) is 24.2 Å². The van der Waals surface area contributed by atoms with E-state index in [4.69, 9.17) is 10.5 Å². The van der Waals surface area contributed by atoms with Gasteiger partial charge in [0.2, 0.25) is 0 Å². The van der Waals surface area contributed by atoms with E-state index in [0.717, 1.165) is 16.7 Å². The van der Waals surface area contributed by atoms with Gasteiger partial charge >= 0.3 is 0 Å². The van der Waals surface area contributed by atoms with Crippen LogP contribution in [0.5, 0.6) is 5.75 Å². The lowest BCUT2D eigenvalue weighted by molar-refractivity contribution is 0.385. The van der Waals surface area contributed by atoms with Crippen molar-refractivity contribution in [2.45, 2.75) is 13.0 Å². The van der Waals surface area contributed by atoms with Crippen LogP contribution in [0.15, 0.2) is 65.8 Å². The summed E-state index contributed by atoms with van der Waals surface area (Å²) in [6, 6.07) is 11.5. The number of nitrogens with zero attached hydrogens (tertiary/aromatic N) is 7. The summed E-state index contributed by atoms with van der Waals surface area (Å²) in [5.74, 6) is -2.22. The lowest BCUT2D eigenvalue weighted by Gasteiger charge is -2.18. The van der Waals surface area contributed by atoms with Gasteiger partial charge in [-0.1, -0.05) is 12.1 Å². The minimum absolute atomic E-state index is 0.0135. The first kappa shape index (κ1) is 26.5. The summed E-state index contributed by atoms with van der Waals surface area (Å²) in [5, 5.41) is 14.5. The summed E-state index contributed by atoms with van der Waals surface area (Å²) >= 11 is 0. The van der Waals surface area contributed by atoms with Gasteiger partial charge in [-0.2, -0.15) is 10.4 Å². The van der Waals surface area contributed by atoms with Crippen molar-refractivity contribution in [3.63, 3.8) is 0 Å². The van der Waals surface area contributed by atoms with Gasteiger partial charge in [0.1, 0.15) is 41.2 Å². The number of hydrogen-bond donors (Lipinski definition) is 1. The lowest BCUT2D eigenvalue weighted by Crippen LogP contribution is -2.23. The topological polar surface area (TPSA) is 137 Å². The average molecular weight is 569 g/mol. The van der Waals surface area contributed by atoms with E-state index in [9.17, 15) is 23.2 Å². The van der Waals surface area contributed by atoms with Gasteiger partial charge in [0.05, 0.1) is 35.4 Å². The van der Waals surface area contributed by atoms with Crippen LogP contribution >= 0.6 is 0 Å². The Morgan fingerprint density at radius 3 is 2.60 bits per heavy atom. The third kappa shape index (κ3) is 4.17. The molecule has 0 fully saturated rings. The molecule has 1 atom stereocenters. The van der Waals surface area contributed by atoms with E-state index in [-0.39, 0.29) is 61.9 Å². The monoisotopic (exact) mass is 568 g/mol. The van der Waals surface area contributed by atoms with Crippen LogP contribution in [0, 0.1) is 28.8 Å². The molecule has 6 aromatic rings. The number of nitriles is 1. The Bertz CT molecular complexity index is 2150. The summed E-state index contributed by atoms with van der Waals surface area (Å²) in [7, 11) is 1.25. The number of nitrogen functional groups attached to an aromatic ring is 1. The second kappa shape index (κ2) is 10.0. The van der Waals surface area contributed by atoms with Crippen LogP contribution in [0.4, 0.5) is 19.0 Å². The van der Waals surface area contributed by atoms with E-state index in [1.807, 2.05) is 6.07 Å². The second-order valence-corrected chi connectivity index (χ2v) is 9.34. The Hall–Kier alpha value is -5.77. The highest BCUT2D eigenvalue weighted by Gasteiger charge is 2.27. The zero-order valence-electron chi connectivity index (χ0n) is 22.0. The molecule has 42 heavy (non-hydrogen) atoms. The fourth-order valence-corrected chi connectivity index (χ4v) is 4.95. The van der Waals surface area contributed by atoms with Gasteiger partial charge in [-0.3, -0.25) is 9.20 Å². The first-order valence-electron chi connectivity index (χ1n) is 12.5. The Morgan fingerprint density at radius 2 is 1.86 bits per heavy atom. The number of hydrogen-bond acceptors (Lipinski definition) is 8. The molecule has 13 heteroatoms. The quantitative estimate of drug-likeness (QED) is 0.317. The summed E-state index contributed by atoms with van der Waals surface area (Å²) in [4.78, 5) is 26.8. The van der Waals surface area contributed by atoms with Crippen molar-refractivity contribution in [3.05, 3.63) is 100 Å². The molecule has 2 aromatic carbocycles. The molecule has 6 rings (SSSR count).